The summed E-state index contributed by atoms with van der Waals surface area (Å²) < 4.78 is 2.17. The molecule has 1 aromatic heterocycles. The van der Waals surface area contributed by atoms with E-state index in [4.69, 9.17) is 4.99 Å². The van der Waals surface area contributed by atoms with Gasteiger partial charge in [-0.1, -0.05) is 37.3 Å². The van der Waals surface area contributed by atoms with E-state index in [0.717, 1.165) is 38.0 Å². The molecule has 0 bridgehead atoms. The van der Waals surface area contributed by atoms with E-state index < -0.39 is 0 Å². The maximum absolute atomic E-state index is 4.82. The van der Waals surface area contributed by atoms with E-state index in [2.05, 4.69) is 77.0 Å². The second-order valence-corrected chi connectivity index (χ2v) is 7.93. The first kappa shape index (κ1) is 23.7. The Labute approximate surface area is 192 Å². The van der Waals surface area contributed by atoms with Gasteiger partial charge in [0, 0.05) is 50.7 Å². The van der Waals surface area contributed by atoms with Gasteiger partial charge in [-0.15, -0.1) is 24.0 Å². The van der Waals surface area contributed by atoms with Gasteiger partial charge in [-0.2, -0.15) is 0 Å². The van der Waals surface area contributed by atoms with Gasteiger partial charge in [0.1, 0.15) is 12.4 Å². The van der Waals surface area contributed by atoms with Crippen LogP contribution in [0.4, 0.5) is 0 Å². The van der Waals surface area contributed by atoms with Crippen molar-refractivity contribution in [2.45, 2.75) is 52.9 Å². The number of nitrogens with one attached hydrogen (secondary N) is 2. The lowest BCUT2D eigenvalue weighted by molar-refractivity contribution is 0.265. The summed E-state index contributed by atoms with van der Waals surface area (Å²) in [5.74, 6) is 2.45. The number of halogens is 1. The highest BCUT2D eigenvalue weighted by Crippen LogP contribution is 2.18. The average molecular weight is 510 g/mol. The Kier molecular flexibility index (Phi) is 9.42. The zero-order chi connectivity index (χ0) is 19.9. The minimum absolute atomic E-state index is 0. The number of imidazole rings is 1. The molecule has 0 radical (unpaired) electrons. The number of aliphatic imine (C=N–C) groups is 1. The van der Waals surface area contributed by atoms with Crippen LogP contribution in [0.3, 0.4) is 0 Å². The minimum Gasteiger partial charge on any atom is -0.357 e. The van der Waals surface area contributed by atoms with Gasteiger partial charge in [-0.25, -0.2) is 9.98 Å². The van der Waals surface area contributed by atoms with Crippen LogP contribution in [0.1, 0.15) is 39.1 Å². The van der Waals surface area contributed by atoms with Crippen molar-refractivity contribution < 1.29 is 0 Å². The normalized spacial score (nSPS) is 20.0. The highest BCUT2D eigenvalue weighted by atomic mass is 127. The molecule has 0 amide bonds. The Balaban J connectivity index is 0.00000300. The molecular weight excluding hydrogens is 475 g/mol. The fourth-order valence-corrected chi connectivity index (χ4v) is 3.67. The lowest BCUT2D eigenvalue weighted by Crippen LogP contribution is -2.46. The zero-order valence-corrected chi connectivity index (χ0v) is 20.3. The smallest absolute Gasteiger partial charge is 0.191 e. The molecule has 0 saturated carbocycles. The fraction of sp³-hybridized carbons (Fsp3) is 0.545. The third-order valence-corrected chi connectivity index (χ3v) is 5.41. The standard InChI is InChI=1S/C22H34N6.HI/c1-5-23-22(26-20-16-28(17(2)3)14-18(20)4)25-13-21-24-11-12-27(21)15-19-9-7-6-8-10-19;/h6-12,17-18,20H,5,13-16H2,1-4H3,(H2,23,25,26);1H. The van der Waals surface area contributed by atoms with Crippen molar-refractivity contribution in [1.82, 2.24) is 25.1 Å². The molecule has 2 aromatic rings. The van der Waals surface area contributed by atoms with E-state index in [-0.39, 0.29) is 24.0 Å². The monoisotopic (exact) mass is 510 g/mol. The molecule has 1 saturated heterocycles. The summed E-state index contributed by atoms with van der Waals surface area (Å²) in [6, 6.07) is 11.5. The molecule has 7 heteroatoms. The molecule has 2 heterocycles. The largest absolute Gasteiger partial charge is 0.357 e. The summed E-state index contributed by atoms with van der Waals surface area (Å²) >= 11 is 0. The Bertz CT molecular complexity index is 758. The van der Waals surface area contributed by atoms with E-state index in [1.807, 2.05) is 18.5 Å². The minimum atomic E-state index is 0. The van der Waals surface area contributed by atoms with Gasteiger partial charge in [0.25, 0.3) is 0 Å². The lowest BCUT2D eigenvalue weighted by Gasteiger charge is -2.22. The van der Waals surface area contributed by atoms with Crippen LogP contribution in [-0.4, -0.2) is 52.1 Å². The topological polar surface area (TPSA) is 57.5 Å². The summed E-state index contributed by atoms with van der Waals surface area (Å²) in [4.78, 5) is 11.9. The van der Waals surface area contributed by atoms with Crippen LogP contribution in [0.2, 0.25) is 0 Å². The van der Waals surface area contributed by atoms with Crippen molar-refractivity contribution >= 4 is 29.9 Å². The van der Waals surface area contributed by atoms with E-state index in [9.17, 15) is 0 Å². The number of hydrogen-bond acceptors (Lipinski definition) is 3. The highest BCUT2D eigenvalue weighted by molar-refractivity contribution is 14.0. The summed E-state index contributed by atoms with van der Waals surface area (Å²) in [7, 11) is 0. The average Bonchev–Trinajstić information content (AvgIpc) is 3.27. The van der Waals surface area contributed by atoms with E-state index >= 15 is 0 Å². The summed E-state index contributed by atoms with van der Waals surface area (Å²) in [6.07, 6.45) is 3.88. The van der Waals surface area contributed by atoms with Gasteiger partial charge in [0.15, 0.2) is 5.96 Å². The molecule has 6 nitrogen and oxygen atoms in total. The molecule has 3 rings (SSSR count). The summed E-state index contributed by atoms with van der Waals surface area (Å²) in [6.45, 7) is 13.4. The Hall–Kier alpha value is -1.61. The van der Waals surface area contributed by atoms with Crippen LogP contribution >= 0.6 is 24.0 Å². The first-order valence-electron chi connectivity index (χ1n) is 10.4. The van der Waals surface area contributed by atoms with Crippen LogP contribution in [-0.2, 0) is 13.1 Å². The van der Waals surface area contributed by atoms with Gasteiger partial charge in [0.05, 0.1) is 0 Å². The van der Waals surface area contributed by atoms with Crippen LogP contribution < -0.4 is 10.6 Å². The molecule has 1 aliphatic rings. The number of rotatable bonds is 7. The number of guanidine groups is 1. The molecule has 2 atom stereocenters. The van der Waals surface area contributed by atoms with Crippen molar-refractivity contribution in [3.05, 3.63) is 54.1 Å². The first-order valence-corrected chi connectivity index (χ1v) is 10.4. The molecule has 1 aromatic carbocycles. The molecule has 2 unspecified atom stereocenters. The fourth-order valence-electron chi connectivity index (χ4n) is 3.67. The Morgan fingerprint density at radius 3 is 2.66 bits per heavy atom. The summed E-state index contributed by atoms with van der Waals surface area (Å²) in [5.41, 5.74) is 1.27. The molecule has 0 aliphatic carbocycles. The highest BCUT2D eigenvalue weighted by Gasteiger charge is 2.31. The van der Waals surface area contributed by atoms with Crippen molar-refractivity contribution in [3.8, 4) is 0 Å². The number of hydrogen-bond donors (Lipinski definition) is 2. The van der Waals surface area contributed by atoms with Gasteiger partial charge >= 0.3 is 0 Å². The lowest BCUT2D eigenvalue weighted by atomic mass is 10.1. The second kappa shape index (κ2) is 11.5. The van der Waals surface area contributed by atoms with Crippen molar-refractivity contribution in [3.63, 3.8) is 0 Å². The van der Waals surface area contributed by atoms with Gasteiger partial charge in [-0.05, 0) is 32.3 Å². The third-order valence-electron chi connectivity index (χ3n) is 5.41. The van der Waals surface area contributed by atoms with E-state index in [1.54, 1.807) is 0 Å². The maximum atomic E-state index is 4.82. The van der Waals surface area contributed by atoms with Crippen molar-refractivity contribution in [2.75, 3.05) is 19.6 Å². The van der Waals surface area contributed by atoms with Crippen LogP contribution in [0.15, 0.2) is 47.7 Å². The van der Waals surface area contributed by atoms with Crippen LogP contribution in [0.25, 0.3) is 0 Å². The van der Waals surface area contributed by atoms with E-state index in [0.29, 0.717) is 24.5 Å². The quantitative estimate of drug-likeness (QED) is 0.341. The molecule has 1 fully saturated rings. The molecule has 2 N–H and O–H groups in total. The maximum Gasteiger partial charge on any atom is 0.191 e. The second-order valence-electron chi connectivity index (χ2n) is 7.93. The molecule has 29 heavy (non-hydrogen) atoms. The zero-order valence-electron chi connectivity index (χ0n) is 18.0. The predicted molar refractivity (Wildman–Crippen MR) is 131 cm³/mol. The van der Waals surface area contributed by atoms with Crippen LogP contribution in [0.5, 0.6) is 0 Å². The van der Waals surface area contributed by atoms with Crippen molar-refractivity contribution in [2.24, 2.45) is 10.9 Å². The number of benzene rings is 1. The number of aromatic nitrogens is 2. The number of likely N-dealkylation sites (tertiary alicyclic amines) is 1. The molecule has 160 valence electrons. The first-order chi connectivity index (χ1) is 13.6. The predicted octanol–water partition coefficient (Wildman–Crippen LogP) is 3.33. The Morgan fingerprint density at radius 1 is 1.24 bits per heavy atom. The number of nitrogens with zero attached hydrogens (tertiary/aromatic N) is 4. The van der Waals surface area contributed by atoms with Gasteiger partial charge < -0.3 is 15.2 Å². The van der Waals surface area contributed by atoms with Gasteiger partial charge in [-0.3, -0.25) is 4.90 Å². The molecular formula is C22H35IN6. The molecule has 0 spiro atoms. The summed E-state index contributed by atoms with van der Waals surface area (Å²) in [5, 5.41) is 7.03. The third kappa shape index (κ3) is 6.70. The molecule has 1 aliphatic heterocycles. The van der Waals surface area contributed by atoms with Crippen molar-refractivity contribution in [1.29, 1.82) is 0 Å². The van der Waals surface area contributed by atoms with Gasteiger partial charge in [0.2, 0.25) is 0 Å². The Morgan fingerprint density at radius 2 is 2.00 bits per heavy atom. The van der Waals surface area contributed by atoms with Crippen LogP contribution in [0, 0.1) is 5.92 Å². The SMILES string of the molecule is CCNC(=NCc1nccn1Cc1ccccc1)NC1CN(C(C)C)CC1C.I. The van der Waals surface area contributed by atoms with E-state index in [1.165, 1.54) is 5.56 Å².